The molecule has 2 aromatic rings. The molecule has 0 aliphatic heterocycles. The zero-order valence-electron chi connectivity index (χ0n) is 8.97. The predicted molar refractivity (Wildman–Crippen MR) is 80.0 cm³/mol. The lowest BCUT2D eigenvalue weighted by atomic mass is 10.3. The highest BCUT2D eigenvalue weighted by Crippen LogP contribution is 2.35. The zero-order valence-corrected chi connectivity index (χ0v) is 12.7. The maximum Gasteiger partial charge on any atom is 0.312 e. The molecule has 0 aliphatic rings. The largest absolute Gasteiger partial charge is 0.449 e. The number of nitro benzene ring substituents is 1. The van der Waals surface area contributed by atoms with Crippen LogP contribution in [0, 0.1) is 13.7 Å². The molecular formula is C12H7BrINO3. The van der Waals surface area contributed by atoms with Gasteiger partial charge >= 0.3 is 5.69 Å². The Hall–Kier alpha value is -1.15. The molecule has 6 heteroatoms. The topological polar surface area (TPSA) is 52.4 Å². The van der Waals surface area contributed by atoms with E-state index in [1.807, 2.05) is 34.7 Å². The van der Waals surface area contributed by atoms with E-state index in [1.165, 1.54) is 6.07 Å². The predicted octanol–water partition coefficient (Wildman–Crippen LogP) is 4.75. The number of benzene rings is 2. The summed E-state index contributed by atoms with van der Waals surface area (Å²) in [5.41, 5.74) is -0.0438. The Morgan fingerprint density at radius 1 is 1.17 bits per heavy atom. The summed E-state index contributed by atoms with van der Waals surface area (Å²) in [5.74, 6) is 0.772. The van der Waals surface area contributed by atoms with E-state index in [4.69, 9.17) is 4.74 Å². The molecule has 0 radical (unpaired) electrons. The second-order valence-electron chi connectivity index (χ2n) is 3.40. The molecule has 92 valence electrons. The number of halogens is 2. The molecule has 0 heterocycles. The third kappa shape index (κ3) is 2.99. The fraction of sp³-hybridized carbons (Fsp3) is 0. The van der Waals surface area contributed by atoms with Crippen LogP contribution in [0.3, 0.4) is 0 Å². The second kappa shape index (κ2) is 5.66. The molecule has 0 aliphatic carbocycles. The Morgan fingerprint density at radius 3 is 2.56 bits per heavy atom. The standard InChI is InChI=1S/C12H7BrINO3/c13-9-3-1-2-4-11(9)18-12-6-5-8(14)7-10(12)15(16)17/h1-7H. The van der Waals surface area contributed by atoms with Crippen LogP contribution in [-0.4, -0.2) is 4.92 Å². The average molecular weight is 420 g/mol. The van der Waals surface area contributed by atoms with Crippen molar-refractivity contribution in [3.63, 3.8) is 0 Å². The molecule has 0 amide bonds. The van der Waals surface area contributed by atoms with E-state index in [0.29, 0.717) is 5.75 Å². The van der Waals surface area contributed by atoms with Crippen molar-refractivity contribution in [2.45, 2.75) is 0 Å². The van der Waals surface area contributed by atoms with Gasteiger partial charge in [0.1, 0.15) is 5.75 Å². The number of rotatable bonds is 3. The van der Waals surface area contributed by atoms with E-state index in [9.17, 15) is 10.1 Å². The normalized spacial score (nSPS) is 10.1. The van der Waals surface area contributed by atoms with Crippen LogP contribution in [-0.2, 0) is 0 Å². The summed E-state index contributed by atoms with van der Waals surface area (Å²) in [5, 5.41) is 11.0. The maximum absolute atomic E-state index is 11.0. The number of ether oxygens (including phenoxy) is 1. The van der Waals surface area contributed by atoms with Gasteiger partial charge in [-0.1, -0.05) is 12.1 Å². The molecular weight excluding hydrogens is 413 g/mol. The van der Waals surface area contributed by atoms with E-state index < -0.39 is 4.92 Å². The zero-order chi connectivity index (χ0) is 13.1. The smallest absolute Gasteiger partial charge is 0.312 e. The van der Waals surface area contributed by atoms with Crippen LogP contribution in [0.5, 0.6) is 11.5 Å². The molecule has 0 atom stereocenters. The fourth-order valence-electron chi connectivity index (χ4n) is 1.37. The van der Waals surface area contributed by atoms with Crippen molar-refractivity contribution in [3.8, 4) is 11.5 Å². The summed E-state index contributed by atoms with van der Waals surface area (Å²) >= 11 is 5.36. The van der Waals surface area contributed by atoms with Crippen LogP contribution in [0.25, 0.3) is 0 Å². The fourth-order valence-corrected chi connectivity index (χ4v) is 2.21. The van der Waals surface area contributed by atoms with Crippen molar-refractivity contribution >= 4 is 44.2 Å². The minimum atomic E-state index is -0.450. The second-order valence-corrected chi connectivity index (χ2v) is 5.50. The van der Waals surface area contributed by atoms with E-state index in [2.05, 4.69) is 15.9 Å². The maximum atomic E-state index is 11.0. The minimum absolute atomic E-state index is 0.0438. The van der Waals surface area contributed by atoms with Crippen LogP contribution in [0.2, 0.25) is 0 Å². The van der Waals surface area contributed by atoms with Gasteiger partial charge in [0, 0.05) is 9.64 Å². The highest BCUT2D eigenvalue weighted by atomic mass is 127. The van der Waals surface area contributed by atoms with Crippen molar-refractivity contribution in [1.29, 1.82) is 0 Å². The quantitative estimate of drug-likeness (QED) is 0.409. The molecule has 4 nitrogen and oxygen atoms in total. The lowest BCUT2D eigenvalue weighted by molar-refractivity contribution is -0.385. The number of nitro groups is 1. The van der Waals surface area contributed by atoms with Crippen molar-refractivity contribution in [1.82, 2.24) is 0 Å². The van der Waals surface area contributed by atoms with E-state index in [-0.39, 0.29) is 11.4 Å². The SMILES string of the molecule is O=[N+]([O-])c1cc(I)ccc1Oc1ccccc1Br. The molecule has 0 spiro atoms. The van der Waals surface area contributed by atoms with Gasteiger partial charge < -0.3 is 4.74 Å². The van der Waals surface area contributed by atoms with Gasteiger partial charge in [0.05, 0.1) is 9.40 Å². The molecule has 0 saturated heterocycles. The molecule has 18 heavy (non-hydrogen) atoms. The first-order chi connectivity index (χ1) is 8.58. The van der Waals surface area contributed by atoms with Crippen LogP contribution in [0.1, 0.15) is 0 Å². The lowest BCUT2D eigenvalue weighted by Crippen LogP contribution is -1.94. The van der Waals surface area contributed by atoms with Crippen LogP contribution in [0.15, 0.2) is 46.9 Å². The van der Waals surface area contributed by atoms with Gasteiger partial charge in [-0.15, -0.1) is 0 Å². The molecule has 0 fully saturated rings. The molecule has 0 N–H and O–H groups in total. The van der Waals surface area contributed by atoms with Crippen LogP contribution < -0.4 is 4.74 Å². The lowest BCUT2D eigenvalue weighted by Gasteiger charge is -2.07. The Bertz CT molecular complexity index is 604. The first kappa shape index (κ1) is 13.3. The van der Waals surface area contributed by atoms with E-state index in [0.717, 1.165) is 8.04 Å². The first-order valence-corrected chi connectivity index (χ1v) is 6.81. The summed E-state index contributed by atoms with van der Waals surface area (Å²) in [6, 6.07) is 12.0. The summed E-state index contributed by atoms with van der Waals surface area (Å²) in [7, 11) is 0. The number of hydrogen-bond acceptors (Lipinski definition) is 3. The Balaban J connectivity index is 2.41. The summed E-state index contributed by atoms with van der Waals surface area (Å²) in [6.45, 7) is 0. The molecule has 0 aromatic heterocycles. The molecule has 0 bridgehead atoms. The van der Waals surface area contributed by atoms with Gasteiger partial charge in [-0.05, 0) is 62.8 Å². The average Bonchev–Trinajstić information content (AvgIpc) is 2.34. The van der Waals surface area contributed by atoms with Gasteiger partial charge in [0.15, 0.2) is 0 Å². The number of para-hydroxylation sites is 1. The third-order valence-corrected chi connectivity index (χ3v) is 3.50. The van der Waals surface area contributed by atoms with E-state index in [1.54, 1.807) is 24.3 Å². The molecule has 2 aromatic carbocycles. The van der Waals surface area contributed by atoms with Crippen LogP contribution in [0.4, 0.5) is 5.69 Å². The van der Waals surface area contributed by atoms with Crippen molar-refractivity contribution < 1.29 is 9.66 Å². The summed E-state index contributed by atoms with van der Waals surface area (Å²) < 4.78 is 7.10. The Labute approximate surface area is 125 Å². The molecule has 0 unspecified atom stereocenters. The van der Waals surface area contributed by atoms with Gasteiger partial charge in [0.2, 0.25) is 5.75 Å². The van der Waals surface area contributed by atoms with Gasteiger partial charge in [0.25, 0.3) is 0 Å². The summed E-state index contributed by atoms with van der Waals surface area (Å²) in [4.78, 5) is 10.5. The number of hydrogen-bond donors (Lipinski definition) is 0. The van der Waals surface area contributed by atoms with E-state index >= 15 is 0 Å². The summed E-state index contributed by atoms with van der Waals surface area (Å²) in [6.07, 6.45) is 0. The van der Waals surface area contributed by atoms with Crippen LogP contribution >= 0.6 is 38.5 Å². The van der Waals surface area contributed by atoms with Gasteiger partial charge in [-0.2, -0.15) is 0 Å². The highest BCUT2D eigenvalue weighted by Gasteiger charge is 2.16. The minimum Gasteiger partial charge on any atom is -0.449 e. The Kier molecular flexibility index (Phi) is 4.18. The van der Waals surface area contributed by atoms with Crippen molar-refractivity contribution in [2.75, 3.05) is 0 Å². The third-order valence-electron chi connectivity index (χ3n) is 2.17. The molecule has 0 saturated carbocycles. The Morgan fingerprint density at radius 2 is 1.89 bits per heavy atom. The van der Waals surface area contributed by atoms with Crippen molar-refractivity contribution in [3.05, 3.63) is 60.6 Å². The monoisotopic (exact) mass is 419 g/mol. The number of nitrogens with zero attached hydrogens (tertiary/aromatic N) is 1. The molecule has 2 rings (SSSR count). The van der Waals surface area contributed by atoms with Crippen molar-refractivity contribution in [2.24, 2.45) is 0 Å². The van der Waals surface area contributed by atoms with Gasteiger partial charge in [-0.3, -0.25) is 10.1 Å². The highest BCUT2D eigenvalue weighted by molar-refractivity contribution is 14.1. The first-order valence-electron chi connectivity index (χ1n) is 4.94. The van der Waals surface area contributed by atoms with Gasteiger partial charge in [-0.25, -0.2) is 0 Å².